The van der Waals surface area contributed by atoms with Gasteiger partial charge in [-0.1, -0.05) is 42.5 Å². The first-order valence-corrected chi connectivity index (χ1v) is 10.9. The first-order valence-electron chi connectivity index (χ1n) is 9.93. The third-order valence-corrected chi connectivity index (χ3v) is 6.23. The predicted molar refractivity (Wildman–Crippen MR) is 126 cm³/mol. The van der Waals surface area contributed by atoms with Crippen LogP contribution in [0.5, 0.6) is 0 Å². The van der Waals surface area contributed by atoms with Crippen LogP contribution in [0, 0.1) is 0 Å². The molecule has 2 heterocycles. The summed E-state index contributed by atoms with van der Waals surface area (Å²) in [6, 6.07) is 22.9. The van der Waals surface area contributed by atoms with Crippen molar-refractivity contribution in [2.45, 2.75) is 11.4 Å². The molecule has 4 aromatic rings. The Hall–Kier alpha value is -3.71. The number of amides is 3. The summed E-state index contributed by atoms with van der Waals surface area (Å²) in [4.78, 5) is 31.2. The zero-order valence-electron chi connectivity index (χ0n) is 16.6. The van der Waals surface area contributed by atoms with Gasteiger partial charge in [-0.15, -0.1) is 11.8 Å². The topological polar surface area (TPSA) is 77.2 Å². The summed E-state index contributed by atoms with van der Waals surface area (Å²) in [7, 11) is 0. The lowest BCUT2D eigenvalue weighted by molar-refractivity contribution is -0.116. The molecular weight excluding hydrogens is 408 g/mol. The number of anilines is 3. The predicted octanol–water partition coefficient (Wildman–Crippen LogP) is 5.45. The van der Waals surface area contributed by atoms with Crippen molar-refractivity contribution in [1.82, 2.24) is 4.98 Å². The summed E-state index contributed by atoms with van der Waals surface area (Å²) in [6.07, 6.45) is 1.84. The van der Waals surface area contributed by atoms with Gasteiger partial charge < -0.3 is 20.5 Å². The monoisotopic (exact) mass is 428 g/mol. The number of para-hydroxylation sites is 1. The summed E-state index contributed by atoms with van der Waals surface area (Å²) in [5, 5.41) is 6.80. The van der Waals surface area contributed by atoms with Gasteiger partial charge in [0.2, 0.25) is 5.91 Å². The highest BCUT2D eigenvalue weighted by Crippen LogP contribution is 2.38. The van der Waals surface area contributed by atoms with Crippen molar-refractivity contribution in [3.63, 3.8) is 0 Å². The number of carbonyl (C=O) groups excluding carboxylic acids is 2. The number of aromatic nitrogens is 1. The Morgan fingerprint density at radius 3 is 2.74 bits per heavy atom. The highest BCUT2D eigenvalue weighted by molar-refractivity contribution is 8.00. The van der Waals surface area contributed by atoms with E-state index in [1.807, 2.05) is 79.0 Å². The van der Waals surface area contributed by atoms with E-state index in [1.54, 1.807) is 4.90 Å². The van der Waals surface area contributed by atoms with E-state index in [9.17, 15) is 9.59 Å². The van der Waals surface area contributed by atoms with Gasteiger partial charge in [0.15, 0.2) is 0 Å². The van der Waals surface area contributed by atoms with Crippen LogP contribution in [0.2, 0.25) is 0 Å². The number of urea groups is 1. The van der Waals surface area contributed by atoms with Gasteiger partial charge in [0.05, 0.1) is 29.2 Å². The van der Waals surface area contributed by atoms with Gasteiger partial charge in [-0.3, -0.25) is 4.79 Å². The van der Waals surface area contributed by atoms with E-state index in [-0.39, 0.29) is 11.9 Å². The quantitative estimate of drug-likeness (QED) is 0.404. The molecule has 31 heavy (non-hydrogen) atoms. The number of nitrogens with one attached hydrogen (secondary N) is 3. The van der Waals surface area contributed by atoms with Crippen LogP contribution in [0.25, 0.3) is 10.9 Å². The molecule has 0 bridgehead atoms. The number of H-pyrrole nitrogens is 1. The van der Waals surface area contributed by atoms with E-state index in [0.717, 1.165) is 27.0 Å². The maximum Gasteiger partial charge on any atom is 0.323 e. The SMILES string of the molecule is O=C(Nc1ccc2c(c1)N(Cc1ccccc1)C(=O)CS2)Nc1cccc2cc[nH]c12. The Morgan fingerprint density at radius 1 is 1.00 bits per heavy atom. The second-order valence-corrected chi connectivity index (χ2v) is 8.28. The first-order chi connectivity index (χ1) is 15.2. The second kappa shape index (κ2) is 8.20. The van der Waals surface area contributed by atoms with Gasteiger partial charge in [-0.25, -0.2) is 4.79 Å². The van der Waals surface area contributed by atoms with Crippen molar-refractivity contribution < 1.29 is 9.59 Å². The molecule has 1 aromatic heterocycles. The molecule has 6 nitrogen and oxygen atoms in total. The molecule has 0 fully saturated rings. The van der Waals surface area contributed by atoms with Crippen LogP contribution in [0.3, 0.4) is 0 Å². The minimum absolute atomic E-state index is 0.0568. The lowest BCUT2D eigenvalue weighted by Crippen LogP contribution is -2.34. The van der Waals surface area contributed by atoms with Gasteiger partial charge in [-0.2, -0.15) is 0 Å². The van der Waals surface area contributed by atoms with Crippen LogP contribution < -0.4 is 15.5 Å². The summed E-state index contributed by atoms with van der Waals surface area (Å²) < 4.78 is 0. The van der Waals surface area contributed by atoms with Crippen molar-refractivity contribution >= 4 is 51.7 Å². The van der Waals surface area contributed by atoms with Crippen LogP contribution >= 0.6 is 11.8 Å². The maximum atomic E-state index is 12.6. The highest BCUT2D eigenvalue weighted by Gasteiger charge is 2.25. The Labute approximate surface area is 183 Å². The molecule has 0 radical (unpaired) electrons. The summed E-state index contributed by atoms with van der Waals surface area (Å²) in [6.45, 7) is 0.498. The van der Waals surface area contributed by atoms with Crippen molar-refractivity contribution in [1.29, 1.82) is 0 Å². The van der Waals surface area contributed by atoms with Gasteiger partial charge in [0.1, 0.15) is 0 Å². The number of carbonyl (C=O) groups is 2. The third kappa shape index (κ3) is 4.00. The maximum absolute atomic E-state index is 12.6. The molecule has 1 aliphatic rings. The largest absolute Gasteiger partial charge is 0.359 e. The van der Waals surface area contributed by atoms with Crippen LogP contribution in [0.1, 0.15) is 5.56 Å². The first kappa shape index (κ1) is 19.3. The van der Waals surface area contributed by atoms with Crippen LogP contribution in [0.15, 0.2) is 83.9 Å². The average Bonchev–Trinajstić information content (AvgIpc) is 3.27. The fraction of sp³-hybridized carbons (Fsp3) is 0.0833. The molecule has 3 amide bonds. The minimum Gasteiger partial charge on any atom is -0.359 e. The number of benzene rings is 3. The Bertz CT molecular complexity index is 1270. The molecule has 0 spiro atoms. The lowest BCUT2D eigenvalue weighted by atomic mass is 10.2. The Balaban J connectivity index is 1.37. The number of thioether (sulfide) groups is 1. The summed E-state index contributed by atoms with van der Waals surface area (Å²) >= 11 is 1.52. The molecule has 0 saturated heterocycles. The van der Waals surface area contributed by atoms with Gasteiger partial charge in [-0.05, 0) is 35.9 Å². The molecular formula is C24H20N4O2S. The number of nitrogens with zero attached hydrogens (tertiary/aromatic N) is 1. The minimum atomic E-state index is -0.341. The molecule has 5 rings (SSSR count). The van der Waals surface area contributed by atoms with E-state index in [0.29, 0.717) is 23.7 Å². The van der Waals surface area contributed by atoms with Crippen molar-refractivity contribution in [2.24, 2.45) is 0 Å². The fourth-order valence-corrected chi connectivity index (χ4v) is 4.61. The molecule has 154 valence electrons. The smallest absolute Gasteiger partial charge is 0.323 e. The lowest BCUT2D eigenvalue weighted by Gasteiger charge is -2.29. The fourth-order valence-electron chi connectivity index (χ4n) is 3.69. The van der Waals surface area contributed by atoms with Crippen molar-refractivity contribution in [2.75, 3.05) is 21.3 Å². The summed E-state index contributed by atoms with van der Waals surface area (Å²) in [5.41, 5.74) is 4.08. The van der Waals surface area contributed by atoms with Crippen molar-refractivity contribution in [3.8, 4) is 0 Å². The van der Waals surface area contributed by atoms with Gasteiger partial charge >= 0.3 is 6.03 Å². The molecule has 7 heteroatoms. The number of rotatable bonds is 4. The highest BCUT2D eigenvalue weighted by atomic mass is 32.2. The second-order valence-electron chi connectivity index (χ2n) is 7.26. The van der Waals surface area contributed by atoms with E-state index in [2.05, 4.69) is 15.6 Å². The summed E-state index contributed by atoms with van der Waals surface area (Å²) in [5.74, 6) is 0.467. The molecule has 0 aliphatic carbocycles. The van der Waals surface area contributed by atoms with Crippen LogP contribution in [-0.2, 0) is 11.3 Å². The molecule has 0 atom stereocenters. The van der Waals surface area contributed by atoms with E-state index >= 15 is 0 Å². The number of fused-ring (bicyclic) bond motifs is 2. The van der Waals surface area contributed by atoms with E-state index in [4.69, 9.17) is 0 Å². The zero-order chi connectivity index (χ0) is 21.2. The zero-order valence-corrected chi connectivity index (χ0v) is 17.4. The normalized spacial score (nSPS) is 13.2. The molecule has 1 aliphatic heterocycles. The molecule has 0 unspecified atom stereocenters. The van der Waals surface area contributed by atoms with Crippen LogP contribution in [-0.4, -0.2) is 22.7 Å². The Kier molecular flexibility index (Phi) is 5.09. The molecule has 3 N–H and O–H groups in total. The van der Waals surface area contributed by atoms with Crippen LogP contribution in [0.4, 0.5) is 21.9 Å². The molecule has 0 saturated carbocycles. The average molecular weight is 429 g/mol. The number of hydrogen-bond acceptors (Lipinski definition) is 3. The van der Waals surface area contributed by atoms with Crippen molar-refractivity contribution in [3.05, 3.63) is 84.6 Å². The Morgan fingerprint density at radius 2 is 1.87 bits per heavy atom. The van der Waals surface area contributed by atoms with Gasteiger partial charge in [0, 0.05) is 22.2 Å². The third-order valence-electron chi connectivity index (χ3n) is 5.18. The standard InChI is InChI=1S/C24H20N4O2S/c29-22-15-31-21-10-9-18(13-20(21)28(22)14-16-5-2-1-3-6-16)26-24(30)27-19-8-4-7-17-11-12-25-23(17)19/h1-13,25H,14-15H2,(H2,26,27,30). The number of aromatic amines is 1. The molecule has 3 aromatic carbocycles. The number of hydrogen-bond donors (Lipinski definition) is 3. The van der Waals surface area contributed by atoms with Gasteiger partial charge in [0.25, 0.3) is 0 Å². The van der Waals surface area contributed by atoms with E-state index in [1.165, 1.54) is 11.8 Å². The van der Waals surface area contributed by atoms with E-state index < -0.39 is 0 Å².